The molecule has 0 saturated carbocycles. The van der Waals surface area contributed by atoms with Crippen molar-refractivity contribution in [3.05, 3.63) is 35.4 Å². The van der Waals surface area contributed by atoms with Crippen molar-refractivity contribution in [2.75, 3.05) is 13.2 Å². The lowest BCUT2D eigenvalue weighted by Crippen LogP contribution is -2.35. The molecule has 0 heterocycles. The molecule has 0 fully saturated rings. The first-order valence-electron chi connectivity index (χ1n) is 6.47. The van der Waals surface area contributed by atoms with Gasteiger partial charge in [-0.1, -0.05) is 37.0 Å². The van der Waals surface area contributed by atoms with Crippen LogP contribution in [0.15, 0.2) is 24.3 Å². The maximum Gasteiger partial charge on any atom is 0.315 e. The molecule has 0 aromatic heterocycles. The molecule has 4 nitrogen and oxygen atoms in total. The summed E-state index contributed by atoms with van der Waals surface area (Å²) < 4.78 is 0. The van der Waals surface area contributed by atoms with Gasteiger partial charge in [-0.3, -0.25) is 0 Å². The Morgan fingerprint density at radius 2 is 2.11 bits per heavy atom. The second-order valence-corrected chi connectivity index (χ2v) is 4.04. The zero-order chi connectivity index (χ0) is 13.9. The number of aliphatic hydroxyl groups excluding tert-OH is 1. The maximum absolute atomic E-state index is 11.5. The number of aliphatic hydroxyl groups is 1. The van der Waals surface area contributed by atoms with Gasteiger partial charge < -0.3 is 15.7 Å². The summed E-state index contributed by atoms with van der Waals surface area (Å²) >= 11 is 0. The lowest BCUT2D eigenvalue weighted by Gasteiger charge is -2.08. The van der Waals surface area contributed by atoms with Crippen LogP contribution in [0.4, 0.5) is 4.79 Å². The number of hydrogen-bond acceptors (Lipinski definition) is 2. The normalized spacial score (nSPS) is 9.37. The first-order chi connectivity index (χ1) is 9.27. The second kappa shape index (κ2) is 9.01. The summed E-state index contributed by atoms with van der Waals surface area (Å²) in [5.41, 5.74) is 1.85. The van der Waals surface area contributed by atoms with Gasteiger partial charge in [-0.2, -0.15) is 0 Å². The first kappa shape index (κ1) is 15.1. The number of carbonyl (C=O) groups excluding carboxylic acids is 1. The molecule has 0 aliphatic carbocycles. The van der Waals surface area contributed by atoms with Crippen LogP contribution in [-0.2, 0) is 6.54 Å². The van der Waals surface area contributed by atoms with E-state index in [0.717, 1.165) is 17.5 Å². The summed E-state index contributed by atoms with van der Waals surface area (Å²) in [6.07, 6.45) is 1.37. The van der Waals surface area contributed by atoms with Gasteiger partial charge in [0, 0.05) is 25.1 Å². The summed E-state index contributed by atoms with van der Waals surface area (Å²) in [6.45, 7) is 3.18. The molecule has 0 aliphatic rings. The molecular formula is C15H20N2O2. The molecule has 2 amide bonds. The van der Waals surface area contributed by atoms with Gasteiger partial charge in [0.15, 0.2) is 0 Å². The van der Waals surface area contributed by atoms with Crippen LogP contribution in [0.3, 0.4) is 0 Å². The minimum Gasteiger partial charge on any atom is -0.395 e. The van der Waals surface area contributed by atoms with Crippen molar-refractivity contribution < 1.29 is 9.90 Å². The van der Waals surface area contributed by atoms with Crippen molar-refractivity contribution in [3.63, 3.8) is 0 Å². The number of benzene rings is 1. The predicted molar refractivity (Wildman–Crippen MR) is 75.6 cm³/mol. The molecule has 3 N–H and O–H groups in total. The average Bonchev–Trinajstić information content (AvgIpc) is 2.44. The Hall–Kier alpha value is -1.99. The van der Waals surface area contributed by atoms with E-state index in [4.69, 9.17) is 5.11 Å². The topological polar surface area (TPSA) is 61.4 Å². The molecule has 4 heteroatoms. The van der Waals surface area contributed by atoms with E-state index in [-0.39, 0.29) is 12.6 Å². The molecule has 0 radical (unpaired) electrons. The fraction of sp³-hybridized carbons (Fsp3) is 0.400. The van der Waals surface area contributed by atoms with Crippen LogP contribution in [0.25, 0.3) is 0 Å². The number of nitrogens with one attached hydrogen (secondary N) is 2. The first-order valence-corrected chi connectivity index (χ1v) is 6.47. The minimum atomic E-state index is -0.167. The third kappa shape index (κ3) is 5.94. The maximum atomic E-state index is 11.5. The smallest absolute Gasteiger partial charge is 0.315 e. The standard InChI is InChI=1S/C15H20N2O2/c1-2-10-16-15(19)17-12-14-9-4-3-7-13(14)8-5-6-11-18/h3-4,7,9,18H,2,6,10-12H2,1H3,(H2,16,17,19). The Bertz CT molecular complexity index is 461. The Morgan fingerprint density at radius 3 is 2.84 bits per heavy atom. The van der Waals surface area contributed by atoms with Crippen LogP contribution in [0.1, 0.15) is 30.9 Å². The van der Waals surface area contributed by atoms with Crippen LogP contribution in [0.5, 0.6) is 0 Å². The van der Waals surface area contributed by atoms with Crippen molar-refractivity contribution in [2.24, 2.45) is 0 Å². The fourth-order valence-electron chi connectivity index (χ4n) is 1.49. The van der Waals surface area contributed by atoms with Gasteiger partial charge in [-0.15, -0.1) is 0 Å². The van der Waals surface area contributed by atoms with Crippen LogP contribution >= 0.6 is 0 Å². The molecule has 0 aliphatic heterocycles. The highest BCUT2D eigenvalue weighted by Crippen LogP contribution is 2.06. The Balaban J connectivity index is 2.58. The third-order valence-corrected chi connectivity index (χ3v) is 2.45. The predicted octanol–water partition coefficient (Wildman–Crippen LogP) is 1.63. The van der Waals surface area contributed by atoms with Gasteiger partial charge in [-0.05, 0) is 18.1 Å². The van der Waals surface area contributed by atoms with E-state index in [9.17, 15) is 4.79 Å². The van der Waals surface area contributed by atoms with E-state index < -0.39 is 0 Å². The van der Waals surface area contributed by atoms with Crippen molar-refractivity contribution in [1.29, 1.82) is 0 Å². The number of hydrogen-bond donors (Lipinski definition) is 3. The minimum absolute atomic E-state index is 0.0623. The van der Waals surface area contributed by atoms with Gasteiger partial charge in [0.2, 0.25) is 0 Å². The zero-order valence-corrected chi connectivity index (χ0v) is 11.2. The SMILES string of the molecule is CCCNC(=O)NCc1ccccc1C#CCCO. The quantitative estimate of drug-likeness (QED) is 0.705. The Labute approximate surface area is 114 Å². The summed E-state index contributed by atoms with van der Waals surface area (Å²) in [5, 5.41) is 14.3. The Kier molecular flexibility index (Phi) is 7.14. The third-order valence-electron chi connectivity index (χ3n) is 2.45. The zero-order valence-electron chi connectivity index (χ0n) is 11.2. The highest BCUT2D eigenvalue weighted by molar-refractivity contribution is 5.73. The van der Waals surface area contributed by atoms with Crippen LogP contribution in [0, 0.1) is 11.8 Å². The molecule has 0 unspecified atom stereocenters. The number of carbonyl (C=O) groups is 1. The largest absolute Gasteiger partial charge is 0.395 e. The highest BCUT2D eigenvalue weighted by atomic mass is 16.2. The molecule has 0 bridgehead atoms. The van der Waals surface area contributed by atoms with E-state index in [1.807, 2.05) is 31.2 Å². The van der Waals surface area contributed by atoms with Crippen molar-refractivity contribution >= 4 is 6.03 Å². The molecule has 1 rings (SSSR count). The van der Waals surface area contributed by atoms with E-state index in [2.05, 4.69) is 22.5 Å². The number of urea groups is 1. The van der Waals surface area contributed by atoms with Crippen LogP contribution in [0.2, 0.25) is 0 Å². The molecular weight excluding hydrogens is 240 g/mol. The lowest BCUT2D eigenvalue weighted by atomic mass is 10.1. The lowest BCUT2D eigenvalue weighted by molar-refractivity contribution is 0.240. The number of amides is 2. The van der Waals surface area contributed by atoms with Gasteiger partial charge in [-0.25, -0.2) is 4.79 Å². The van der Waals surface area contributed by atoms with E-state index in [0.29, 0.717) is 19.5 Å². The molecule has 0 saturated heterocycles. The second-order valence-electron chi connectivity index (χ2n) is 4.04. The highest BCUT2D eigenvalue weighted by Gasteiger charge is 2.02. The summed E-state index contributed by atoms with van der Waals surface area (Å²) in [5.74, 6) is 5.88. The van der Waals surface area contributed by atoms with E-state index in [1.54, 1.807) is 0 Å². The molecule has 0 spiro atoms. The van der Waals surface area contributed by atoms with E-state index >= 15 is 0 Å². The molecule has 102 valence electrons. The molecule has 19 heavy (non-hydrogen) atoms. The fourth-order valence-corrected chi connectivity index (χ4v) is 1.49. The monoisotopic (exact) mass is 260 g/mol. The summed E-state index contributed by atoms with van der Waals surface area (Å²) in [4.78, 5) is 11.5. The summed E-state index contributed by atoms with van der Waals surface area (Å²) in [6, 6.07) is 7.50. The van der Waals surface area contributed by atoms with E-state index in [1.165, 1.54) is 0 Å². The molecule has 0 atom stereocenters. The number of rotatable bonds is 5. The molecule has 1 aromatic carbocycles. The average molecular weight is 260 g/mol. The van der Waals surface area contributed by atoms with Crippen LogP contribution in [-0.4, -0.2) is 24.3 Å². The van der Waals surface area contributed by atoms with Crippen molar-refractivity contribution in [2.45, 2.75) is 26.3 Å². The van der Waals surface area contributed by atoms with Gasteiger partial charge >= 0.3 is 6.03 Å². The van der Waals surface area contributed by atoms with Crippen molar-refractivity contribution in [3.8, 4) is 11.8 Å². The van der Waals surface area contributed by atoms with Crippen molar-refractivity contribution in [1.82, 2.24) is 10.6 Å². The van der Waals surface area contributed by atoms with Crippen LogP contribution < -0.4 is 10.6 Å². The molecule has 1 aromatic rings. The summed E-state index contributed by atoms with van der Waals surface area (Å²) in [7, 11) is 0. The van der Waals surface area contributed by atoms with Gasteiger partial charge in [0.25, 0.3) is 0 Å². The Morgan fingerprint density at radius 1 is 1.32 bits per heavy atom. The van der Waals surface area contributed by atoms with Gasteiger partial charge in [0.05, 0.1) is 6.61 Å². The van der Waals surface area contributed by atoms with Gasteiger partial charge in [0.1, 0.15) is 0 Å².